The summed E-state index contributed by atoms with van der Waals surface area (Å²) < 4.78 is 4.93. The molecule has 8 nitrogen and oxygen atoms in total. The maximum absolute atomic E-state index is 12.1. The lowest BCUT2D eigenvalue weighted by Crippen LogP contribution is -2.50. The Morgan fingerprint density at radius 2 is 1.57 bits per heavy atom. The van der Waals surface area contributed by atoms with Crippen molar-refractivity contribution in [2.45, 2.75) is 33.1 Å². The fraction of sp³-hybridized carbons (Fsp3) is 0.500. The summed E-state index contributed by atoms with van der Waals surface area (Å²) >= 11 is 0. The van der Waals surface area contributed by atoms with Gasteiger partial charge in [-0.1, -0.05) is 19.1 Å². The molecule has 1 N–H and O–H groups in total. The first kappa shape index (κ1) is 21.4. The van der Waals surface area contributed by atoms with E-state index in [-0.39, 0.29) is 31.3 Å². The van der Waals surface area contributed by atoms with Crippen molar-refractivity contribution in [1.29, 1.82) is 0 Å². The summed E-state index contributed by atoms with van der Waals surface area (Å²) in [5.74, 6) is -1.17. The van der Waals surface area contributed by atoms with Gasteiger partial charge in [0.15, 0.2) is 6.61 Å². The van der Waals surface area contributed by atoms with Crippen LogP contribution < -0.4 is 5.32 Å². The van der Waals surface area contributed by atoms with Crippen LogP contribution in [0.25, 0.3) is 0 Å². The molecule has 28 heavy (non-hydrogen) atoms. The van der Waals surface area contributed by atoms with Gasteiger partial charge in [0.2, 0.25) is 11.8 Å². The molecule has 0 atom stereocenters. The van der Waals surface area contributed by atoms with E-state index in [9.17, 15) is 19.2 Å². The van der Waals surface area contributed by atoms with E-state index in [1.807, 2.05) is 19.1 Å². The van der Waals surface area contributed by atoms with Crippen molar-refractivity contribution in [1.82, 2.24) is 9.80 Å². The third-order valence-corrected chi connectivity index (χ3v) is 4.63. The quantitative estimate of drug-likeness (QED) is 0.707. The first-order valence-corrected chi connectivity index (χ1v) is 9.46. The molecule has 3 amide bonds. The van der Waals surface area contributed by atoms with Gasteiger partial charge >= 0.3 is 5.97 Å². The van der Waals surface area contributed by atoms with Crippen LogP contribution in [0, 0.1) is 0 Å². The van der Waals surface area contributed by atoms with Gasteiger partial charge in [-0.15, -0.1) is 0 Å². The first-order valence-electron chi connectivity index (χ1n) is 9.46. The lowest BCUT2D eigenvalue weighted by molar-refractivity contribution is -0.149. The number of esters is 1. The van der Waals surface area contributed by atoms with E-state index >= 15 is 0 Å². The number of rotatable bonds is 7. The number of ether oxygens (including phenoxy) is 1. The van der Waals surface area contributed by atoms with Gasteiger partial charge in [-0.25, -0.2) is 0 Å². The average molecular weight is 389 g/mol. The molecule has 1 fully saturated rings. The van der Waals surface area contributed by atoms with E-state index in [2.05, 4.69) is 5.32 Å². The van der Waals surface area contributed by atoms with E-state index in [0.717, 1.165) is 12.0 Å². The van der Waals surface area contributed by atoms with Gasteiger partial charge in [0, 0.05) is 45.2 Å². The fourth-order valence-corrected chi connectivity index (χ4v) is 2.88. The highest BCUT2D eigenvalue weighted by Gasteiger charge is 2.22. The van der Waals surface area contributed by atoms with Crippen LogP contribution in [-0.2, 0) is 30.3 Å². The van der Waals surface area contributed by atoms with Crippen LogP contribution in [0.4, 0.5) is 5.69 Å². The normalized spacial score (nSPS) is 13.8. The van der Waals surface area contributed by atoms with E-state index in [0.29, 0.717) is 31.9 Å². The number of carbonyl (C=O) groups is 4. The summed E-state index contributed by atoms with van der Waals surface area (Å²) in [6, 6.07) is 7.43. The van der Waals surface area contributed by atoms with Gasteiger partial charge in [0.25, 0.3) is 5.91 Å². The zero-order chi connectivity index (χ0) is 20.5. The van der Waals surface area contributed by atoms with Gasteiger partial charge < -0.3 is 19.9 Å². The summed E-state index contributed by atoms with van der Waals surface area (Å²) in [5, 5.41) is 2.65. The van der Waals surface area contributed by atoms with Crippen LogP contribution in [0.5, 0.6) is 0 Å². The Morgan fingerprint density at radius 1 is 0.964 bits per heavy atom. The van der Waals surface area contributed by atoms with Crippen LogP contribution in [0.15, 0.2) is 24.3 Å². The molecule has 0 unspecified atom stereocenters. The minimum atomic E-state index is -0.591. The summed E-state index contributed by atoms with van der Waals surface area (Å²) in [7, 11) is 0. The maximum Gasteiger partial charge on any atom is 0.306 e. The van der Waals surface area contributed by atoms with Crippen LogP contribution in [-0.4, -0.2) is 66.3 Å². The van der Waals surface area contributed by atoms with Crippen LogP contribution in [0.3, 0.4) is 0 Å². The molecule has 1 aliphatic heterocycles. The number of aryl methyl sites for hydroxylation is 1. The van der Waals surface area contributed by atoms with Gasteiger partial charge in [0.1, 0.15) is 0 Å². The molecule has 1 heterocycles. The monoisotopic (exact) mass is 389 g/mol. The minimum absolute atomic E-state index is 0.00439. The Balaban J connectivity index is 1.64. The number of piperazine rings is 1. The maximum atomic E-state index is 12.1. The molecule has 2 rings (SSSR count). The second kappa shape index (κ2) is 10.4. The molecule has 0 radical (unpaired) electrons. The van der Waals surface area contributed by atoms with Crippen molar-refractivity contribution >= 4 is 29.4 Å². The largest absolute Gasteiger partial charge is 0.456 e. The molecular weight excluding hydrogens is 362 g/mol. The number of hydrogen-bond acceptors (Lipinski definition) is 5. The van der Waals surface area contributed by atoms with Crippen LogP contribution in [0.2, 0.25) is 0 Å². The van der Waals surface area contributed by atoms with Crippen molar-refractivity contribution < 1.29 is 23.9 Å². The first-order chi connectivity index (χ1) is 13.4. The molecule has 1 saturated heterocycles. The standard InChI is InChI=1S/C20H27N3O5/c1-3-16-4-6-17(7-5-16)21-18(25)14-28-20(27)9-8-19(26)23-12-10-22(11-13-23)15(2)24/h4-7H,3,8-14H2,1-2H3,(H,21,25). The number of hydrogen-bond donors (Lipinski definition) is 1. The topological polar surface area (TPSA) is 96.0 Å². The number of benzene rings is 1. The zero-order valence-electron chi connectivity index (χ0n) is 16.4. The fourth-order valence-electron chi connectivity index (χ4n) is 2.88. The average Bonchev–Trinajstić information content (AvgIpc) is 2.71. The highest BCUT2D eigenvalue weighted by molar-refractivity contribution is 5.93. The smallest absolute Gasteiger partial charge is 0.306 e. The molecule has 0 aliphatic carbocycles. The lowest BCUT2D eigenvalue weighted by Gasteiger charge is -2.34. The van der Waals surface area contributed by atoms with E-state index in [1.54, 1.807) is 21.9 Å². The van der Waals surface area contributed by atoms with Crippen molar-refractivity contribution in [2.75, 3.05) is 38.1 Å². The van der Waals surface area contributed by atoms with Crippen molar-refractivity contribution in [2.24, 2.45) is 0 Å². The molecule has 152 valence electrons. The zero-order valence-corrected chi connectivity index (χ0v) is 16.4. The molecule has 0 bridgehead atoms. The van der Waals surface area contributed by atoms with Gasteiger partial charge in [0.05, 0.1) is 6.42 Å². The Hall–Kier alpha value is -2.90. The number of carbonyl (C=O) groups excluding carboxylic acids is 4. The van der Waals surface area contributed by atoms with Gasteiger partial charge in [-0.05, 0) is 24.1 Å². The number of amides is 3. The van der Waals surface area contributed by atoms with Gasteiger partial charge in [-0.2, -0.15) is 0 Å². The van der Waals surface area contributed by atoms with E-state index in [1.165, 1.54) is 6.92 Å². The summed E-state index contributed by atoms with van der Waals surface area (Å²) in [6.45, 7) is 5.10. The molecule has 1 aliphatic rings. The summed E-state index contributed by atoms with van der Waals surface area (Å²) in [5.41, 5.74) is 1.80. The van der Waals surface area contributed by atoms with Crippen LogP contribution >= 0.6 is 0 Å². The highest BCUT2D eigenvalue weighted by atomic mass is 16.5. The van der Waals surface area contributed by atoms with Crippen molar-refractivity contribution in [3.8, 4) is 0 Å². The molecule has 0 saturated carbocycles. The number of anilines is 1. The molecule has 1 aromatic carbocycles. The number of nitrogens with zero attached hydrogens (tertiary/aromatic N) is 2. The Morgan fingerprint density at radius 3 is 2.14 bits per heavy atom. The minimum Gasteiger partial charge on any atom is -0.456 e. The highest BCUT2D eigenvalue weighted by Crippen LogP contribution is 2.10. The Kier molecular flexibility index (Phi) is 7.98. The molecule has 1 aromatic rings. The van der Waals surface area contributed by atoms with Crippen LogP contribution in [0.1, 0.15) is 32.3 Å². The van der Waals surface area contributed by atoms with E-state index < -0.39 is 11.9 Å². The second-order valence-electron chi connectivity index (χ2n) is 6.65. The predicted molar refractivity (Wildman–Crippen MR) is 103 cm³/mol. The van der Waals surface area contributed by atoms with E-state index in [4.69, 9.17) is 4.74 Å². The SMILES string of the molecule is CCc1ccc(NC(=O)COC(=O)CCC(=O)N2CCN(C(C)=O)CC2)cc1. The third-order valence-electron chi connectivity index (χ3n) is 4.63. The van der Waals surface area contributed by atoms with Crippen molar-refractivity contribution in [3.05, 3.63) is 29.8 Å². The lowest BCUT2D eigenvalue weighted by atomic mass is 10.1. The second-order valence-corrected chi connectivity index (χ2v) is 6.65. The molecule has 0 spiro atoms. The molecule has 0 aromatic heterocycles. The Labute approximate surface area is 164 Å². The Bertz CT molecular complexity index is 709. The third kappa shape index (κ3) is 6.68. The summed E-state index contributed by atoms with van der Waals surface area (Å²) in [4.78, 5) is 50.4. The molecular formula is C20H27N3O5. The molecule has 8 heteroatoms. The van der Waals surface area contributed by atoms with Gasteiger partial charge in [-0.3, -0.25) is 19.2 Å². The number of nitrogens with one attached hydrogen (secondary N) is 1. The predicted octanol–water partition coefficient (Wildman–Crippen LogP) is 1.20. The summed E-state index contributed by atoms with van der Waals surface area (Å²) in [6.07, 6.45) is 0.861. The van der Waals surface area contributed by atoms with Crippen molar-refractivity contribution in [3.63, 3.8) is 0 Å².